The van der Waals surface area contributed by atoms with Crippen LogP contribution in [0.25, 0.3) is 0 Å². The molecule has 1 aromatic rings. The predicted octanol–water partition coefficient (Wildman–Crippen LogP) is 2.95. The summed E-state index contributed by atoms with van der Waals surface area (Å²) in [7, 11) is 0. The molecule has 2 atom stereocenters. The third kappa shape index (κ3) is 7.25. The number of carboxylic acid groups (broad SMARTS) is 1. The first-order chi connectivity index (χ1) is 10.1. The van der Waals surface area contributed by atoms with Gasteiger partial charge >= 0.3 is 5.97 Å². The van der Waals surface area contributed by atoms with E-state index in [1.165, 1.54) is 19.3 Å². The van der Waals surface area contributed by atoms with Gasteiger partial charge in [-0.25, -0.2) is 4.79 Å². The van der Waals surface area contributed by atoms with Crippen molar-refractivity contribution in [2.45, 2.75) is 64.1 Å². The van der Waals surface area contributed by atoms with Crippen LogP contribution in [0.3, 0.4) is 0 Å². The number of carbonyl (C=O) groups is 1. The Hall–Kier alpha value is -1.39. The molecule has 0 aliphatic rings. The Morgan fingerprint density at radius 2 is 1.81 bits per heavy atom. The number of carboxylic acids is 1. The average molecular weight is 293 g/mol. The van der Waals surface area contributed by atoms with E-state index in [2.05, 4.69) is 12.2 Å². The molecule has 0 fully saturated rings. The number of hydrogen-bond acceptors (Lipinski definition) is 3. The van der Waals surface area contributed by atoms with Gasteiger partial charge in [0.1, 0.15) is 0 Å². The average Bonchev–Trinajstić information content (AvgIpc) is 2.50. The van der Waals surface area contributed by atoms with Crippen molar-refractivity contribution in [2.75, 3.05) is 0 Å². The summed E-state index contributed by atoms with van der Waals surface area (Å²) in [5, 5.41) is 22.0. The highest BCUT2D eigenvalue weighted by Crippen LogP contribution is 2.11. The van der Waals surface area contributed by atoms with Crippen molar-refractivity contribution in [1.82, 2.24) is 5.32 Å². The van der Waals surface area contributed by atoms with Crippen molar-refractivity contribution in [2.24, 2.45) is 0 Å². The number of benzene rings is 1. The number of aliphatic carboxylic acids is 1. The van der Waals surface area contributed by atoms with Crippen molar-refractivity contribution in [3.05, 3.63) is 35.9 Å². The lowest BCUT2D eigenvalue weighted by Crippen LogP contribution is -2.44. The van der Waals surface area contributed by atoms with Gasteiger partial charge in [0.25, 0.3) is 0 Å². The maximum absolute atomic E-state index is 11.0. The molecule has 0 aliphatic heterocycles. The van der Waals surface area contributed by atoms with Gasteiger partial charge in [-0.05, 0) is 12.0 Å². The maximum Gasteiger partial charge on any atom is 0.334 e. The van der Waals surface area contributed by atoms with Gasteiger partial charge in [0.15, 0.2) is 6.10 Å². The molecule has 0 heterocycles. The van der Waals surface area contributed by atoms with Crippen molar-refractivity contribution < 1.29 is 15.0 Å². The molecule has 0 bridgehead atoms. The van der Waals surface area contributed by atoms with Crippen LogP contribution in [0.2, 0.25) is 0 Å². The monoisotopic (exact) mass is 293 g/mol. The Balaban J connectivity index is 2.42. The Bertz CT molecular complexity index is 394. The summed E-state index contributed by atoms with van der Waals surface area (Å²) in [5.41, 5.74) is 1.09. The summed E-state index contributed by atoms with van der Waals surface area (Å²) in [5.74, 6) is -1.16. The van der Waals surface area contributed by atoms with E-state index >= 15 is 0 Å². The molecule has 118 valence electrons. The molecule has 3 N–H and O–H groups in total. The maximum atomic E-state index is 11.0. The number of aliphatic hydroxyl groups excluding tert-OH is 1. The molecule has 0 aliphatic carbocycles. The molecule has 0 radical (unpaired) electrons. The van der Waals surface area contributed by atoms with E-state index in [1.54, 1.807) is 0 Å². The van der Waals surface area contributed by atoms with Crippen LogP contribution in [0.4, 0.5) is 0 Å². The number of hydrogen-bond donors (Lipinski definition) is 3. The zero-order valence-corrected chi connectivity index (χ0v) is 12.8. The SMILES string of the molecule is CCCCCCC[C@@H](NCc1ccccc1)[C@H](O)C(=O)O. The van der Waals surface area contributed by atoms with Crippen LogP contribution in [0, 0.1) is 0 Å². The number of unbranched alkanes of at least 4 members (excludes halogenated alkanes) is 4. The molecular weight excluding hydrogens is 266 g/mol. The third-order valence-electron chi connectivity index (χ3n) is 3.66. The van der Waals surface area contributed by atoms with Crippen LogP contribution < -0.4 is 5.32 Å². The summed E-state index contributed by atoms with van der Waals surface area (Å²) >= 11 is 0. The van der Waals surface area contributed by atoms with Gasteiger partial charge in [0, 0.05) is 12.6 Å². The summed E-state index contributed by atoms with van der Waals surface area (Å²) < 4.78 is 0. The lowest BCUT2D eigenvalue weighted by atomic mass is 10.0. The minimum Gasteiger partial charge on any atom is -0.479 e. The summed E-state index contributed by atoms with van der Waals surface area (Å²) in [6, 6.07) is 9.41. The second kappa shape index (κ2) is 10.4. The van der Waals surface area contributed by atoms with Gasteiger partial charge < -0.3 is 15.5 Å². The van der Waals surface area contributed by atoms with Crippen LogP contribution in [0.5, 0.6) is 0 Å². The van der Waals surface area contributed by atoms with Gasteiger partial charge in [0.2, 0.25) is 0 Å². The minimum atomic E-state index is -1.35. The second-order valence-corrected chi connectivity index (χ2v) is 5.46. The smallest absolute Gasteiger partial charge is 0.334 e. The molecule has 4 nitrogen and oxygen atoms in total. The van der Waals surface area contributed by atoms with Gasteiger partial charge in [-0.15, -0.1) is 0 Å². The molecule has 0 spiro atoms. The molecule has 1 rings (SSSR count). The quantitative estimate of drug-likeness (QED) is 0.549. The Morgan fingerprint density at radius 1 is 1.14 bits per heavy atom. The minimum absolute atomic E-state index is 0.399. The molecule has 0 unspecified atom stereocenters. The first-order valence-corrected chi connectivity index (χ1v) is 7.83. The van der Waals surface area contributed by atoms with Gasteiger partial charge in [-0.2, -0.15) is 0 Å². The van der Waals surface area contributed by atoms with E-state index in [4.69, 9.17) is 5.11 Å². The highest BCUT2D eigenvalue weighted by Gasteiger charge is 2.24. The zero-order valence-electron chi connectivity index (χ0n) is 12.8. The molecule has 0 aromatic heterocycles. The second-order valence-electron chi connectivity index (χ2n) is 5.46. The van der Waals surface area contributed by atoms with Gasteiger partial charge in [-0.1, -0.05) is 69.4 Å². The zero-order chi connectivity index (χ0) is 15.5. The predicted molar refractivity (Wildman–Crippen MR) is 84.1 cm³/mol. The highest BCUT2D eigenvalue weighted by atomic mass is 16.4. The lowest BCUT2D eigenvalue weighted by Gasteiger charge is -2.21. The Labute approximate surface area is 127 Å². The Kier molecular flexibility index (Phi) is 8.71. The summed E-state index contributed by atoms with van der Waals surface area (Å²) in [6.07, 6.45) is 4.94. The normalized spacial score (nSPS) is 13.8. The number of aliphatic hydroxyl groups is 1. The first-order valence-electron chi connectivity index (χ1n) is 7.83. The molecule has 0 amide bonds. The van der Waals surface area contributed by atoms with E-state index in [1.807, 2.05) is 30.3 Å². The lowest BCUT2D eigenvalue weighted by molar-refractivity contribution is -0.148. The molecule has 0 saturated carbocycles. The van der Waals surface area contributed by atoms with E-state index in [-0.39, 0.29) is 0 Å². The van der Waals surface area contributed by atoms with Crippen LogP contribution in [0.15, 0.2) is 30.3 Å². The van der Waals surface area contributed by atoms with Crippen molar-refractivity contribution in [1.29, 1.82) is 0 Å². The number of rotatable bonds is 11. The summed E-state index contributed by atoms with van der Waals surface area (Å²) in [6.45, 7) is 2.74. The molecule has 0 saturated heterocycles. The largest absolute Gasteiger partial charge is 0.479 e. The number of nitrogens with one attached hydrogen (secondary N) is 1. The fourth-order valence-corrected chi connectivity index (χ4v) is 2.36. The van der Waals surface area contributed by atoms with Crippen LogP contribution in [-0.2, 0) is 11.3 Å². The standard InChI is InChI=1S/C17H27NO3/c1-2-3-4-5-9-12-15(16(19)17(20)21)18-13-14-10-7-6-8-11-14/h6-8,10-11,15-16,18-19H,2-5,9,12-13H2,1H3,(H,20,21)/t15-,16+/m1/s1. The van der Waals surface area contributed by atoms with Crippen molar-refractivity contribution in [3.63, 3.8) is 0 Å². The van der Waals surface area contributed by atoms with Crippen LogP contribution >= 0.6 is 0 Å². The fraction of sp³-hybridized carbons (Fsp3) is 0.588. The first kappa shape index (κ1) is 17.7. The molecule has 21 heavy (non-hydrogen) atoms. The molecule has 1 aromatic carbocycles. The fourth-order valence-electron chi connectivity index (χ4n) is 2.36. The Morgan fingerprint density at radius 3 is 2.43 bits per heavy atom. The van der Waals surface area contributed by atoms with Gasteiger partial charge in [0.05, 0.1) is 0 Å². The van der Waals surface area contributed by atoms with E-state index in [9.17, 15) is 9.90 Å². The van der Waals surface area contributed by atoms with Gasteiger partial charge in [-0.3, -0.25) is 0 Å². The molecule has 4 heteroatoms. The topological polar surface area (TPSA) is 69.6 Å². The van der Waals surface area contributed by atoms with E-state index < -0.39 is 18.1 Å². The van der Waals surface area contributed by atoms with Crippen molar-refractivity contribution in [3.8, 4) is 0 Å². The molecular formula is C17H27NO3. The summed E-state index contributed by atoms with van der Waals surface area (Å²) in [4.78, 5) is 11.0. The third-order valence-corrected chi connectivity index (χ3v) is 3.66. The van der Waals surface area contributed by atoms with Crippen LogP contribution in [-0.4, -0.2) is 28.3 Å². The van der Waals surface area contributed by atoms with E-state index in [0.717, 1.165) is 18.4 Å². The van der Waals surface area contributed by atoms with Crippen LogP contribution in [0.1, 0.15) is 51.0 Å². The van der Waals surface area contributed by atoms with E-state index in [0.29, 0.717) is 13.0 Å². The van der Waals surface area contributed by atoms with Crippen molar-refractivity contribution >= 4 is 5.97 Å². The highest BCUT2D eigenvalue weighted by molar-refractivity contribution is 5.72.